The molecule has 3 aromatic rings. The van der Waals surface area contributed by atoms with Crippen molar-refractivity contribution in [1.82, 2.24) is 4.98 Å². The van der Waals surface area contributed by atoms with E-state index in [1.165, 1.54) is 12.1 Å². The van der Waals surface area contributed by atoms with Gasteiger partial charge < -0.3 is 19.5 Å². The molecule has 3 rings (SSSR count). The predicted octanol–water partition coefficient (Wildman–Crippen LogP) is 3.97. The number of anilines is 1. The van der Waals surface area contributed by atoms with Crippen LogP contribution in [-0.2, 0) is 4.74 Å². The zero-order chi connectivity index (χ0) is 20.1. The summed E-state index contributed by atoms with van der Waals surface area (Å²) in [7, 11) is 3.13. The lowest BCUT2D eigenvalue weighted by molar-refractivity contribution is 0.102. The number of pyridine rings is 1. The van der Waals surface area contributed by atoms with Crippen molar-refractivity contribution < 1.29 is 23.4 Å². The van der Waals surface area contributed by atoms with Gasteiger partial charge in [0.2, 0.25) is 0 Å². The predicted molar refractivity (Wildman–Crippen MR) is 105 cm³/mol. The fourth-order valence-corrected chi connectivity index (χ4v) is 2.82. The summed E-state index contributed by atoms with van der Waals surface area (Å²) in [6.07, 6.45) is 0. The third-order valence-electron chi connectivity index (χ3n) is 4.11. The molecule has 1 heterocycles. The Balaban J connectivity index is 1.89. The third-order valence-corrected chi connectivity index (χ3v) is 4.11. The molecule has 28 heavy (non-hydrogen) atoms. The molecule has 6 nitrogen and oxygen atoms in total. The van der Waals surface area contributed by atoms with Crippen LogP contribution in [0.1, 0.15) is 16.1 Å². The van der Waals surface area contributed by atoms with E-state index < -0.39 is 5.82 Å². The summed E-state index contributed by atoms with van der Waals surface area (Å²) in [4.78, 5) is 17.2. The molecular formula is C21H21FN2O4. The minimum absolute atomic E-state index is 0.324. The normalized spacial score (nSPS) is 10.7. The van der Waals surface area contributed by atoms with Crippen LogP contribution in [0.3, 0.4) is 0 Å². The Morgan fingerprint density at radius 3 is 2.64 bits per heavy atom. The van der Waals surface area contributed by atoms with E-state index in [-0.39, 0.29) is 5.91 Å². The average molecular weight is 384 g/mol. The number of hydrogen-bond donors (Lipinski definition) is 1. The maximum atomic E-state index is 13.5. The molecule has 1 aromatic heterocycles. The molecule has 1 N–H and O–H groups in total. The minimum atomic E-state index is -0.398. The third kappa shape index (κ3) is 4.37. The van der Waals surface area contributed by atoms with Gasteiger partial charge in [0.15, 0.2) is 11.5 Å². The van der Waals surface area contributed by atoms with Crippen LogP contribution >= 0.6 is 0 Å². The van der Waals surface area contributed by atoms with Gasteiger partial charge in [-0.15, -0.1) is 0 Å². The quantitative estimate of drug-likeness (QED) is 0.624. The van der Waals surface area contributed by atoms with Gasteiger partial charge in [-0.05, 0) is 37.3 Å². The monoisotopic (exact) mass is 384 g/mol. The van der Waals surface area contributed by atoms with E-state index in [2.05, 4.69) is 10.3 Å². The number of nitrogens with one attached hydrogen (secondary N) is 1. The molecule has 1 amide bonds. The number of halogens is 1. The van der Waals surface area contributed by atoms with Crippen LogP contribution in [0.2, 0.25) is 0 Å². The summed E-state index contributed by atoms with van der Waals surface area (Å²) in [5.74, 6) is 0.324. The second-order valence-corrected chi connectivity index (χ2v) is 6.13. The maximum absolute atomic E-state index is 13.5. The van der Waals surface area contributed by atoms with Crippen molar-refractivity contribution in [3.63, 3.8) is 0 Å². The lowest BCUT2D eigenvalue weighted by Gasteiger charge is -2.13. The van der Waals surface area contributed by atoms with Gasteiger partial charge in [0.05, 0.1) is 24.8 Å². The Morgan fingerprint density at radius 1 is 1.07 bits per heavy atom. The number of amides is 1. The van der Waals surface area contributed by atoms with Crippen LogP contribution in [0, 0.1) is 12.7 Å². The lowest BCUT2D eigenvalue weighted by Crippen LogP contribution is -2.13. The number of methoxy groups -OCH3 is 2. The first-order valence-electron chi connectivity index (χ1n) is 8.70. The molecule has 2 aromatic carbocycles. The van der Waals surface area contributed by atoms with Gasteiger partial charge in [-0.25, -0.2) is 4.39 Å². The number of carbonyl (C=O) groups is 1. The van der Waals surface area contributed by atoms with Gasteiger partial charge in [-0.1, -0.05) is 0 Å². The van der Waals surface area contributed by atoms with E-state index in [1.807, 2.05) is 0 Å². The van der Waals surface area contributed by atoms with Crippen molar-refractivity contribution >= 4 is 22.5 Å². The minimum Gasteiger partial charge on any atom is -0.493 e. The van der Waals surface area contributed by atoms with E-state index in [4.69, 9.17) is 14.2 Å². The average Bonchev–Trinajstić information content (AvgIpc) is 2.67. The highest BCUT2D eigenvalue weighted by molar-refractivity contribution is 6.12. The molecule has 0 saturated carbocycles. The van der Waals surface area contributed by atoms with Gasteiger partial charge in [-0.2, -0.15) is 0 Å². The molecule has 0 saturated heterocycles. The second-order valence-electron chi connectivity index (χ2n) is 6.13. The Hall–Kier alpha value is -3.19. The summed E-state index contributed by atoms with van der Waals surface area (Å²) in [6, 6.07) is 11.0. The fourth-order valence-electron chi connectivity index (χ4n) is 2.82. The molecule has 7 heteroatoms. The van der Waals surface area contributed by atoms with Crippen molar-refractivity contribution in [3.8, 4) is 11.5 Å². The van der Waals surface area contributed by atoms with Crippen LogP contribution in [0.25, 0.3) is 10.9 Å². The molecule has 146 valence electrons. The molecule has 0 bridgehead atoms. The second kappa shape index (κ2) is 8.67. The van der Waals surface area contributed by atoms with E-state index in [0.29, 0.717) is 52.6 Å². The lowest BCUT2D eigenvalue weighted by atomic mass is 10.1. The summed E-state index contributed by atoms with van der Waals surface area (Å²) in [5, 5.41) is 3.43. The van der Waals surface area contributed by atoms with E-state index in [1.54, 1.807) is 51.5 Å². The van der Waals surface area contributed by atoms with Crippen LogP contribution in [0.15, 0.2) is 42.5 Å². The van der Waals surface area contributed by atoms with Crippen LogP contribution in [0.5, 0.6) is 11.5 Å². The molecule has 0 unspecified atom stereocenters. The van der Waals surface area contributed by atoms with Gasteiger partial charge in [0, 0.05) is 36.0 Å². The summed E-state index contributed by atoms with van der Waals surface area (Å²) in [6.45, 7) is 2.54. The summed E-state index contributed by atoms with van der Waals surface area (Å²) in [5.41, 5.74) is 2.02. The van der Waals surface area contributed by atoms with Crippen LogP contribution in [0.4, 0.5) is 10.1 Å². The number of fused-ring (bicyclic) bond motifs is 1. The number of aryl methyl sites for hydroxylation is 1. The fraction of sp³-hybridized carbons (Fsp3) is 0.238. The molecule has 0 aliphatic rings. The standard InChI is InChI=1S/C21H21FN2O4/c1-13-10-17(16-6-4-14(22)11-18(16)23-13)21(25)24-15-5-7-19(27-3)20(12-15)28-9-8-26-2/h4-7,10-12H,8-9H2,1-3H3,(H,24,25). The van der Waals surface area contributed by atoms with Gasteiger partial charge in [-0.3, -0.25) is 9.78 Å². The number of benzene rings is 2. The highest BCUT2D eigenvalue weighted by Crippen LogP contribution is 2.31. The molecule has 0 radical (unpaired) electrons. The van der Waals surface area contributed by atoms with E-state index in [0.717, 1.165) is 0 Å². The molecule has 0 fully saturated rings. The Morgan fingerprint density at radius 2 is 1.89 bits per heavy atom. The highest BCUT2D eigenvalue weighted by atomic mass is 19.1. The Bertz CT molecular complexity index is 1000. The van der Waals surface area contributed by atoms with Crippen molar-refractivity contribution in [2.75, 3.05) is 32.8 Å². The number of nitrogens with zero attached hydrogens (tertiary/aromatic N) is 1. The zero-order valence-corrected chi connectivity index (χ0v) is 15.9. The first-order valence-corrected chi connectivity index (χ1v) is 8.70. The van der Waals surface area contributed by atoms with Crippen LogP contribution in [-0.4, -0.2) is 38.3 Å². The molecule has 0 spiro atoms. The molecule has 0 aliphatic carbocycles. The zero-order valence-electron chi connectivity index (χ0n) is 15.9. The van der Waals surface area contributed by atoms with Crippen molar-refractivity contribution in [1.29, 1.82) is 0 Å². The highest BCUT2D eigenvalue weighted by Gasteiger charge is 2.14. The van der Waals surface area contributed by atoms with Gasteiger partial charge in [0.1, 0.15) is 12.4 Å². The number of hydrogen-bond acceptors (Lipinski definition) is 5. The van der Waals surface area contributed by atoms with E-state index >= 15 is 0 Å². The Labute approximate surface area is 162 Å². The molecular weight excluding hydrogens is 363 g/mol. The number of rotatable bonds is 7. The van der Waals surface area contributed by atoms with Crippen molar-refractivity contribution in [2.45, 2.75) is 6.92 Å². The first-order chi connectivity index (χ1) is 13.5. The summed E-state index contributed by atoms with van der Waals surface area (Å²) < 4.78 is 29.4. The summed E-state index contributed by atoms with van der Waals surface area (Å²) >= 11 is 0. The van der Waals surface area contributed by atoms with Crippen molar-refractivity contribution in [2.24, 2.45) is 0 Å². The number of carbonyl (C=O) groups excluding carboxylic acids is 1. The van der Waals surface area contributed by atoms with Crippen LogP contribution < -0.4 is 14.8 Å². The Kier molecular flexibility index (Phi) is 6.06. The SMILES string of the molecule is COCCOc1cc(NC(=O)c2cc(C)nc3cc(F)ccc23)ccc1OC. The smallest absolute Gasteiger partial charge is 0.256 e. The van der Waals surface area contributed by atoms with Gasteiger partial charge in [0.25, 0.3) is 5.91 Å². The van der Waals surface area contributed by atoms with Crippen molar-refractivity contribution in [3.05, 3.63) is 59.5 Å². The maximum Gasteiger partial charge on any atom is 0.256 e. The molecule has 0 aliphatic heterocycles. The number of ether oxygens (including phenoxy) is 3. The topological polar surface area (TPSA) is 69.7 Å². The first kappa shape index (κ1) is 19.6. The van der Waals surface area contributed by atoms with E-state index in [9.17, 15) is 9.18 Å². The van der Waals surface area contributed by atoms with Gasteiger partial charge >= 0.3 is 0 Å². The largest absolute Gasteiger partial charge is 0.493 e. The molecule has 0 atom stereocenters. The number of aromatic nitrogens is 1.